The molecular weight excluding hydrogens is 558 g/mol. The molecule has 210 valence electrons. The lowest BCUT2D eigenvalue weighted by Gasteiger charge is -2.24. The van der Waals surface area contributed by atoms with Crippen LogP contribution in [0.4, 0.5) is 0 Å². The highest BCUT2D eigenvalue weighted by Crippen LogP contribution is 2.37. The fourth-order valence-corrected chi connectivity index (χ4v) is 5.36. The first-order chi connectivity index (χ1) is 19.6. The van der Waals surface area contributed by atoms with Gasteiger partial charge in [-0.3, -0.25) is 4.98 Å². The van der Waals surface area contributed by atoms with Crippen LogP contribution in [0, 0.1) is 6.92 Å². The highest BCUT2D eigenvalue weighted by molar-refractivity contribution is 7.94. The predicted molar refractivity (Wildman–Crippen MR) is 160 cm³/mol. The third kappa shape index (κ3) is 6.11. The van der Waals surface area contributed by atoms with E-state index >= 15 is 0 Å². The maximum Gasteiger partial charge on any atom is 0.346 e. The van der Waals surface area contributed by atoms with Crippen LogP contribution in [0.25, 0.3) is 33.7 Å². The Balaban J connectivity index is 1.63. The number of pyridine rings is 1. The number of hydrogen-bond acceptors (Lipinski definition) is 8. The molecule has 0 aliphatic heterocycles. The molecule has 1 N–H and O–H groups in total. The second-order valence-corrected chi connectivity index (χ2v) is 13.5. The highest BCUT2D eigenvalue weighted by atomic mass is 32.2. The third-order valence-corrected chi connectivity index (χ3v) is 9.77. The molecule has 0 bridgehead atoms. The maximum atomic E-state index is 12.7. The summed E-state index contributed by atoms with van der Waals surface area (Å²) in [4.78, 5) is 13.4. The highest BCUT2D eigenvalue weighted by Gasteiger charge is 2.33. The van der Waals surface area contributed by atoms with Crippen molar-refractivity contribution in [2.75, 3.05) is 13.4 Å². The van der Waals surface area contributed by atoms with E-state index in [2.05, 4.69) is 26.1 Å². The maximum absolute atomic E-state index is 12.7. The number of hydrogen-bond donors (Lipinski definition) is 0. The van der Waals surface area contributed by atoms with Crippen molar-refractivity contribution in [3.05, 3.63) is 107 Å². The van der Waals surface area contributed by atoms with Gasteiger partial charge < -0.3 is 0 Å². The lowest BCUT2D eigenvalue weighted by Crippen LogP contribution is -2.28. The molecule has 0 amide bonds. The van der Waals surface area contributed by atoms with E-state index in [1.165, 1.54) is 13.4 Å². The summed E-state index contributed by atoms with van der Waals surface area (Å²) < 4.78 is 34.9. The van der Waals surface area contributed by atoms with E-state index in [4.69, 9.17) is 8.86 Å². The second kappa shape index (κ2) is 11.6. The molecule has 0 radical (unpaired) electrons. The van der Waals surface area contributed by atoms with Gasteiger partial charge in [0.2, 0.25) is 0 Å². The number of rotatable bonds is 9. The number of sulfone groups is 1. The molecule has 5 rings (SSSR count). The molecule has 0 unspecified atom stereocenters. The van der Waals surface area contributed by atoms with Crippen LogP contribution in [0.1, 0.15) is 42.3 Å². The van der Waals surface area contributed by atoms with Crippen LogP contribution in [0.2, 0.25) is 0 Å². The van der Waals surface area contributed by atoms with Crippen molar-refractivity contribution in [3.63, 3.8) is 0 Å². The third-order valence-electron chi connectivity index (χ3n) is 7.01. The van der Waals surface area contributed by atoms with Crippen molar-refractivity contribution in [3.8, 4) is 11.1 Å². The van der Waals surface area contributed by atoms with Crippen LogP contribution in [0.5, 0.6) is 0 Å². The molecule has 2 heterocycles. The first-order valence-electron chi connectivity index (χ1n) is 12.8. The van der Waals surface area contributed by atoms with Crippen LogP contribution < -0.4 is 4.98 Å². The van der Waals surface area contributed by atoms with E-state index < -0.39 is 14.6 Å². The molecule has 0 spiro atoms. The zero-order valence-electron chi connectivity index (χ0n) is 23.3. The van der Waals surface area contributed by atoms with Crippen molar-refractivity contribution < 1.29 is 27.1 Å². The van der Waals surface area contributed by atoms with Gasteiger partial charge in [-0.25, -0.2) is 22.8 Å². The van der Waals surface area contributed by atoms with Gasteiger partial charge in [-0.1, -0.05) is 36.4 Å². The lowest BCUT2D eigenvalue weighted by atomic mass is 9.92. The summed E-state index contributed by atoms with van der Waals surface area (Å²) >= 11 is 1.12. The molecule has 5 aromatic rings. The SMILES string of the molecule is COOSc1ccc(C(=Cc2cccc(-c3cc(C(C)(C)S(C)(=O)=O)cc4cccnc34)c2)c2[nH+]c(C)no2)cc1. The molecular formula is C31H30N3O5S2+. The Morgan fingerprint density at radius 2 is 1.83 bits per heavy atom. The Kier molecular flexibility index (Phi) is 8.10. The fourth-order valence-electron chi connectivity index (χ4n) is 4.42. The van der Waals surface area contributed by atoms with E-state index in [-0.39, 0.29) is 0 Å². The topological polar surface area (TPSA) is 106 Å². The Hall–Kier alpha value is -3.83. The predicted octanol–water partition coefficient (Wildman–Crippen LogP) is 6.47. The quantitative estimate of drug-likeness (QED) is 0.0835. The minimum Gasteiger partial charge on any atom is -0.256 e. The molecule has 8 nitrogen and oxygen atoms in total. The molecule has 10 heteroatoms. The van der Waals surface area contributed by atoms with E-state index in [1.54, 1.807) is 20.0 Å². The van der Waals surface area contributed by atoms with Gasteiger partial charge in [-0.2, -0.15) is 4.33 Å². The fraction of sp³-hybridized carbons (Fsp3) is 0.194. The molecule has 0 aliphatic carbocycles. The number of aromatic nitrogens is 3. The summed E-state index contributed by atoms with van der Waals surface area (Å²) in [6.07, 6.45) is 5.04. The number of benzene rings is 3. The summed E-state index contributed by atoms with van der Waals surface area (Å²) in [5, 5.41) is 4.92. The standard InChI is InChI=1S/C31H29N3O5S2/c1-20-33-30(38-34-20)28(22-11-13-26(14-12-22)40-39-37-4)17-21-8-6-9-23(16-21)27-19-25(31(2,3)41(5,35)36)18-24-10-7-15-32-29(24)27/h6-19H,1-5H3/p+1. The largest absolute Gasteiger partial charge is 0.346 e. The zero-order chi connectivity index (χ0) is 29.2. The van der Waals surface area contributed by atoms with Crippen LogP contribution >= 0.6 is 12.0 Å². The average Bonchev–Trinajstić information content (AvgIpc) is 3.40. The number of nitrogens with one attached hydrogen (secondary N) is 1. The van der Waals surface area contributed by atoms with E-state index in [0.717, 1.165) is 55.7 Å². The van der Waals surface area contributed by atoms with Gasteiger partial charge in [0.15, 0.2) is 15.0 Å². The first-order valence-corrected chi connectivity index (χ1v) is 15.4. The number of aromatic amines is 1. The van der Waals surface area contributed by atoms with Gasteiger partial charge in [0.05, 0.1) is 35.0 Å². The smallest absolute Gasteiger partial charge is 0.256 e. The van der Waals surface area contributed by atoms with Crippen molar-refractivity contribution in [1.29, 1.82) is 0 Å². The van der Waals surface area contributed by atoms with E-state index in [9.17, 15) is 8.42 Å². The van der Waals surface area contributed by atoms with Crippen LogP contribution in [-0.2, 0) is 23.8 Å². The van der Waals surface area contributed by atoms with Crippen LogP contribution in [-0.4, -0.2) is 31.9 Å². The molecule has 0 aliphatic rings. The number of nitrogens with zero attached hydrogens (tertiary/aromatic N) is 2. The molecule has 0 fully saturated rings. The molecule has 2 aromatic heterocycles. The Morgan fingerprint density at radius 1 is 1.05 bits per heavy atom. The summed E-state index contributed by atoms with van der Waals surface area (Å²) in [6.45, 7) is 5.29. The van der Waals surface area contributed by atoms with Gasteiger partial charge in [0, 0.05) is 35.2 Å². The van der Waals surface area contributed by atoms with Gasteiger partial charge in [0.1, 0.15) is 0 Å². The molecule has 3 aromatic carbocycles. The van der Waals surface area contributed by atoms with Gasteiger partial charge >= 0.3 is 11.7 Å². The summed E-state index contributed by atoms with van der Waals surface area (Å²) in [7, 11) is -1.92. The van der Waals surface area contributed by atoms with Crippen LogP contribution in [0.3, 0.4) is 0 Å². The van der Waals surface area contributed by atoms with Gasteiger partial charge in [-0.05, 0) is 78.6 Å². The number of aryl methyl sites for hydroxylation is 1. The second-order valence-electron chi connectivity index (χ2n) is 10.1. The average molecular weight is 589 g/mol. The minimum absolute atomic E-state index is 0.519. The molecule has 0 saturated heterocycles. The summed E-state index contributed by atoms with van der Waals surface area (Å²) in [5.74, 6) is 1.17. The summed E-state index contributed by atoms with van der Waals surface area (Å²) in [6, 6.07) is 23.5. The van der Waals surface area contributed by atoms with E-state index in [0.29, 0.717) is 17.3 Å². The van der Waals surface area contributed by atoms with Crippen molar-refractivity contribution in [2.45, 2.75) is 30.4 Å². The Morgan fingerprint density at radius 3 is 2.51 bits per heavy atom. The summed E-state index contributed by atoms with van der Waals surface area (Å²) in [5.41, 5.74) is 5.91. The monoisotopic (exact) mass is 588 g/mol. The molecule has 41 heavy (non-hydrogen) atoms. The normalized spacial score (nSPS) is 12.7. The Labute approximate surface area is 243 Å². The number of H-pyrrole nitrogens is 1. The minimum atomic E-state index is -3.38. The zero-order valence-corrected chi connectivity index (χ0v) is 25.0. The van der Waals surface area contributed by atoms with Crippen LogP contribution in [0.15, 0.2) is 88.4 Å². The molecule has 0 atom stereocenters. The van der Waals surface area contributed by atoms with E-state index in [1.807, 2.05) is 79.7 Å². The van der Waals surface area contributed by atoms with Crippen molar-refractivity contribution in [2.24, 2.45) is 0 Å². The van der Waals surface area contributed by atoms with Crippen molar-refractivity contribution >= 4 is 44.4 Å². The first kappa shape index (κ1) is 28.7. The molecule has 0 saturated carbocycles. The Bertz CT molecular complexity index is 1850. The van der Waals surface area contributed by atoms with Gasteiger partial charge in [-0.15, -0.1) is 0 Å². The van der Waals surface area contributed by atoms with Gasteiger partial charge in [0.25, 0.3) is 0 Å². The lowest BCUT2D eigenvalue weighted by molar-refractivity contribution is -0.397. The number of fused-ring (bicyclic) bond motifs is 1. The van der Waals surface area contributed by atoms with Crippen molar-refractivity contribution in [1.82, 2.24) is 10.1 Å².